The molecule has 0 saturated carbocycles. The second-order valence-corrected chi connectivity index (χ2v) is 14.9. The number of benzene rings is 3. The van der Waals surface area contributed by atoms with Gasteiger partial charge < -0.3 is 30.0 Å². The molecule has 3 N–H and O–H groups in total. The molecular formula is C32H36N7O4P. The van der Waals surface area contributed by atoms with Crippen LogP contribution in [0.1, 0.15) is 26.3 Å². The molecule has 0 aliphatic rings. The van der Waals surface area contributed by atoms with Gasteiger partial charge in [0, 0.05) is 36.3 Å². The number of nitrogens with one attached hydrogen (secondary N) is 3. The van der Waals surface area contributed by atoms with E-state index in [0.29, 0.717) is 40.0 Å². The van der Waals surface area contributed by atoms with Gasteiger partial charge in [-0.15, -0.1) is 0 Å². The second kappa shape index (κ2) is 12.0. The van der Waals surface area contributed by atoms with Crippen molar-refractivity contribution in [3.8, 4) is 17.4 Å². The van der Waals surface area contributed by atoms with Crippen LogP contribution in [0.2, 0.25) is 0 Å². The molecule has 2 amide bonds. The summed E-state index contributed by atoms with van der Waals surface area (Å²) in [6.45, 7) is 9.57. The quantitative estimate of drug-likeness (QED) is 0.158. The highest BCUT2D eigenvalue weighted by Gasteiger charge is 2.26. The highest BCUT2D eigenvalue weighted by Crippen LogP contribution is 2.43. The lowest BCUT2D eigenvalue weighted by Gasteiger charge is -2.25. The Kier molecular flexibility index (Phi) is 8.34. The van der Waals surface area contributed by atoms with Gasteiger partial charge in [-0.1, -0.05) is 45.0 Å². The molecule has 0 bridgehead atoms. The zero-order valence-electron chi connectivity index (χ0n) is 25.8. The molecule has 0 radical (unpaired) electrons. The number of aryl methyl sites for hydroxylation is 1. The maximum Gasteiger partial charge on any atom is 0.323 e. The van der Waals surface area contributed by atoms with Crippen LogP contribution in [0.5, 0.6) is 17.4 Å². The summed E-state index contributed by atoms with van der Waals surface area (Å²) >= 11 is 0. The minimum atomic E-state index is -2.72. The molecular weight excluding hydrogens is 577 g/mol. The Balaban J connectivity index is 1.41. The number of ether oxygens (including phenoxy) is 2. The van der Waals surface area contributed by atoms with Gasteiger partial charge in [0.15, 0.2) is 5.75 Å². The number of hydrogen-bond donors (Lipinski definition) is 3. The average Bonchev–Trinajstić information content (AvgIpc) is 3.37. The Labute approximate surface area is 256 Å². The van der Waals surface area contributed by atoms with Crippen LogP contribution in [-0.2, 0) is 17.0 Å². The molecule has 0 fully saturated rings. The molecule has 0 unspecified atom stereocenters. The van der Waals surface area contributed by atoms with E-state index in [2.05, 4.69) is 51.8 Å². The van der Waals surface area contributed by atoms with Crippen LogP contribution in [0, 0.1) is 0 Å². The third-order valence-corrected chi connectivity index (χ3v) is 8.40. The van der Waals surface area contributed by atoms with Crippen LogP contribution >= 0.6 is 7.14 Å². The molecule has 0 aliphatic heterocycles. The lowest BCUT2D eigenvalue weighted by Crippen LogP contribution is -2.23. The molecule has 0 saturated heterocycles. The highest BCUT2D eigenvalue weighted by atomic mass is 31.2. The van der Waals surface area contributed by atoms with Gasteiger partial charge in [-0.25, -0.2) is 9.78 Å². The number of carbonyl (C=O) groups is 1. The summed E-state index contributed by atoms with van der Waals surface area (Å²) in [5.41, 5.74) is 2.47. The van der Waals surface area contributed by atoms with Gasteiger partial charge in [-0.05, 0) is 48.6 Å². The molecule has 5 rings (SSSR count). The van der Waals surface area contributed by atoms with Crippen molar-refractivity contribution in [2.45, 2.75) is 26.2 Å². The molecule has 12 heteroatoms. The van der Waals surface area contributed by atoms with Crippen molar-refractivity contribution in [2.24, 2.45) is 7.05 Å². The Hall–Kier alpha value is -4.89. The molecule has 2 heterocycles. The normalized spacial score (nSPS) is 11.7. The summed E-state index contributed by atoms with van der Waals surface area (Å²) in [5, 5.41) is 15.3. The topological polar surface area (TPSA) is 132 Å². The third kappa shape index (κ3) is 6.84. The van der Waals surface area contributed by atoms with Crippen molar-refractivity contribution in [2.75, 3.05) is 36.4 Å². The number of hydrogen-bond acceptors (Lipinski definition) is 8. The number of methoxy groups -OCH3 is 1. The number of anilines is 4. The number of urea groups is 1. The standard InChI is InChI=1S/C32H36N7O4P/c1-32(2,3)20-16-25(29(42-5)27(17-20)44(6,7)41)37-31(40)36-24-12-13-26(23-11-9-8-10-22(23)24)43-28-14-15-33-30(38-28)35-21-18-34-39(4)19-21/h8-19H,1-7H3,(H,33,35,38)(H2,36,37,40). The fraction of sp³-hybridized carbons (Fsp3) is 0.250. The lowest BCUT2D eigenvalue weighted by molar-refractivity contribution is 0.262. The number of carbonyl (C=O) groups excluding carboxylic acids is 1. The molecule has 0 atom stereocenters. The zero-order valence-corrected chi connectivity index (χ0v) is 26.7. The predicted molar refractivity (Wildman–Crippen MR) is 176 cm³/mol. The first kappa shape index (κ1) is 30.6. The van der Waals surface area contributed by atoms with E-state index in [0.717, 1.165) is 22.0 Å². The van der Waals surface area contributed by atoms with Crippen LogP contribution < -0.4 is 30.7 Å². The van der Waals surface area contributed by atoms with Crippen molar-refractivity contribution < 1.29 is 18.8 Å². The fourth-order valence-corrected chi connectivity index (χ4v) is 5.84. The van der Waals surface area contributed by atoms with E-state index >= 15 is 0 Å². The van der Waals surface area contributed by atoms with Crippen LogP contribution in [-0.4, -0.2) is 46.2 Å². The van der Waals surface area contributed by atoms with Crippen LogP contribution in [0.25, 0.3) is 10.8 Å². The Morgan fingerprint density at radius 3 is 2.36 bits per heavy atom. The number of rotatable bonds is 8. The summed E-state index contributed by atoms with van der Waals surface area (Å²) in [7, 11) is 0.616. The van der Waals surface area contributed by atoms with Gasteiger partial charge in [0.2, 0.25) is 11.8 Å². The summed E-state index contributed by atoms with van der Waals surface area (Å²) in [4.78, 5) is 22.1. The Morgan fingerprint density at radius 2 is 1.70 bits per heavy atom. The van der Waals surface area contributed by atoms with E-state index in [1.807, 2.05) is 49.6 Å². The Bertz CT molecular complexity index is 1890. The van der Waals surface area contributed by atoms with E-state index in [9.17, 15) is 9.36 Å². The summed E-state index contributed by atoms with van der Waals surface area (Å²) in [6.07, 6.45) is 5.09. The van der Waals surface area contributed by atoms with Gasteiger partial charge in [-0.2, -0.15) is 10.1 Å². The van der Waals surface area contributed by atoms with Gasteiger partial charge in [0.05, 0.1) is 35.7 Å². The monoisotopic (exact) mass is 613 g/mol. The summed E-state index contributed by atoms with van der Waals surface area (Å²) in [5.74, 6) is 1.66. The van der Waals surface area contributed by atoms with Gasteiger partial charge in [0.25, 0.3) is 0 Å². The number of nitrogens with zero attached hydrogens (tertiary/aromatic N) is 4. The van der Waals surface area contributed by atoms with E-state index in [4.69, 9.17) is 9.47 Å². The number of fused-ring (bicyclic) bond motifs is 1. The first-order valence-corrected chi connectivity index (χ1v) is 16.6. The zero-order chi connectivity index (χ0) is 31.6. The fourth-order valence-electron chi connectivity index (χ4n) is 4.69. The van der Waals surface area contributed by atoms with Gasteiger partial charge in [-0.3, -0.25) is 4.68 Å². The van der Waals surface area contributed by atoms with Crippen molar-refractivity contribution in [1.82, 2.24) is 19.7 Å². The smallest absolute Gasteiger partial charge is 0.323 e. The number of amides is 2. The Morgan fingerprint density at radius 1 is 0.977 bits per heavy atom. The summed E-state index contributed by atoms with van der Waals surface area (Å²) < 4.78 is 26.7. The first-order valence-electron chi connectivity index (χ1n) is 14.0. The molecule has 3 aromatic carbocycles. The second-order valence-electron chi connectivity index (χ2n) is 11.8. The minimum absolute atomic E-state index is 0.242. The molecule has 2 aromatic heterocycles. The van der Waals surface area contributed by atoms with Crippen LogP contribution in [0.4, 0.5) is 27.8 Å². The molecule has 5 aromatic rings. The van der Waals surface area contributed by atoms with Gasteiger partial charge >= 0.3 is 6.03 Å². The third-order valence-electron chi connectivity index (χ3n) is 6.91. The van der Waals surface area contributed by atoms with E-state index in [1.165, 1.54) is 7.11 Å². The molecule has 0 aliphatic carbocycles. The maximum absolute atomic E-state index is 13.4. The molecule has 11 nitrogen and oxygen atoms in total. The van der Waals surface area contributed by atoms with Crippen molar-refractivity contribution >= 4 is 52.3 Å². The largest absolute Gasteiger partial charge is 0.494 e. The molecule has 228 valence electrons. The maximum atomic E-state index is 13.4. The number of aromatic nitrogens is 4. The van der Waals surface area contributed by atoms with Crippen molar-refractivity contribution in [3.05, 3.63) is 78.8 Å². The van der Waals surface area contributed by atoms with Crippen molar-refractivity contribution in [3.63, 3.8) is 0 Å². The predicted octanol–water partition coefficient (Wildman–Crippen LogP) is 7.10. The van der Waals surface area contributed by atoms with Crippen molar-refractivity contribution in [1.29, 1.82) is 0 Å². The first-order chi connectivity index (χ1) is 20.8. The van der Waals surface area contributed by atoms with Crippen LogP contribution in [0.15, 0.2) is 73.2 Å². The highest BCUT2D eigenvalue weighted by molar-refractivity contribution is 7.70. The van der Waals surface area contributed by atoms with E-state index in [1.54, 1.807) is 48.6 Å². The SMILES string of the molecule is COc1c(NC(=O)Nc2ccc(Oc3ccnc(Nc4cnn(C)c4)n3)c3ccccc23)cc(C(C)(C)C)cc1P(C)(C)=O. The molecule has 0 spiro atoms. The average molecular weight is 614 g/mol. The summed E-state index contributed by atoms with van der Waals surface area (Å²) in [6, 6.07) is 16.1. The van der Waals surface area contributed by atoms with E-state index in [-0.39, 0.29) is 5.41 Å². The van der Waals surface area contributed by atoms with Gasteiger partial charge in [0.1, 0.15) is 12.9 Å². The minimum Gasteiger partial charge on any atom is -0.494 e. The molecule has 44 heavy (non-hydrogen) atoms. The lowest BCUT2D eigenvalue weighted by atomic mass is 9.86. The van der Waals surface area contributed by atoms with E-state index < -0.39 is 13.2 Å². The van der Waals surface area contributed by atoms with Crippen LogP contribution in [0.3, 0.4) is 0 Å².